The Morgan fingerprint density at radius 1 is 1.39 bits per heavy atom. The van der Waals surface area contributed by atoms with Gasteiger partial charge in [-0.15, -0.1) is 8.78 Å². The summed E-state index contributed by atoms with van der Waals surface area (Å²) in [4.78, 5) is 11.4. The molecule has 0 radical (unpaired) electrons. The van der Waals surface area contributed by atoms with Gasteiger partial charge in [0.25, 0.3) is 0 Å². The molecule has 1 aliphatic heterocycles. The number of carbonyl (C=O) groups is 1. The maximum Gasteiger partial charge on any atom is 0.586 e. The molecule has 0 unspecified atom stereocenters. The molecule has 1 aliphatic rings. The Kier molecular flexibility index (Phi) is 3.33. The number of benzene rings is 1. The third-order valence-corrected chi connectivity index (χ3v) is 2.22. The molecule has 0 aromatic heterocycles. The molecule has 5 nitrogen and oxygen atoms in total. The first-order chi connectivity index (χ1) is 8.50. The number of amides is 1. The van der Waals surface area contributed by atoms with Crippen LogP contribution >= 0.6 is 0 Å². The van der Waals surface area contributed by atoms with Gasteiger partial charge in [-0.05, 0) is 12.1 Å². The number of nitrogens with one attached hydrogen (secondary N) is 1. The van der Waals surface area contributed by atoms with E-state index in [4.69, 9.17) is 4.74 Å². The fraction of sp³-hybridized carbons (Fsp3) is 0.364. The number of carbonyl (C=O) groups excluding carboxylic acids is 1. The Balaban J connectivity index is 2.03. The highest BCUT2D eigenvalue weighted by Gasteiger charge is 2.43. The molecular weight excluding hydrogens is 248 g/mol. The van der Waals surface area contributed by atoms with E-state index >= 15 is 0 Å². The number of anilines is 1. The van der Waals surface area contributed by atoms with Gasteiger partial charge in [0, 0.05) is 18.9 Å². The van der Waals surface area contributed by atoms with Gasteiger partial charge in [-0.25, -0.2) is 0 Å². The zero-order valence-electron chi connectivity index (χ0n) is 9.54. The van der Waals surface area contributed by atoms with Crippen molar-refractivity contribution >= 4 is 11.6 Å². The number of ether oxygens (including phenoxy) is 3. The normalized spacial score (nSPS) is 15.5. The maximum absolute atomic E-state index is 12.7. The Hall–Kier alpha value is -1.89. The van der Waals surface area contributed by atoms with Crippen molar-refractivity contribution in [3.8, 4) is 11.5 Å². The van der Waals surface area contributed by atoms with E-state index in [2.05, 4.69) is 14.8 Å². The minimum absolute atomic E-state index is 0.0603. The van der Waals surface area contributed by atoms with Gasteiger partial charge in [-0.3, -0.25) is 4.79 Å². The van der Waals surface area contributed by atoms with E-state index in [0.29, 0.717) is 5.69 Å². The van der Waals surface area contributed by atoms with Crippen LogP contribution in [-0.2, 0) is 9.53 Å². The standard InChI is InChI=1S/C11H11F2NO4/c1-16-5-4-10(15)14-7-2-3-8-9(6-7)18-11(12,13)17-8/h2-3,6H,4-5H2,1H3,(H,14,15). The molecule has 1 aromatic carbocycles. The predicted molar refractivity (Wildman–Crippen MR) is 57.8 cm³/mol. The minimum atomic E-state index is -3.65. The largest absolute Gasteiger partial charge is 0.586 e. The Bertz CT molecular complexity index is 464. The number of rotatable bonds is 4. The predicted octanol–water partition coefficient (Wildman–Crippen LogP) is 1.98. The second-order valence-corrected chi connectivity index (χ2v) is 3.62. The number of methoxy groups -OCH3 is 1. The Labute approximate surface area is 102 Å². The minimum Gasteiger partial charge on any atom is -0.395 e. The molecule has 1 N–H and O–H groups in total. The van der Waals surface area contributed by atoms with Crippen molar-refractivity contribution in [3.63, 3.8) is 0 Å². The number of alkyl halides is 2. The lowest BCUT2D eigenvalue weighted by atomic mass is 10.2. The van der Waals surface area contributed by atoms with E-state index in [1.807, 2.05) is 0 Å². The van der Waals surface area contributed by atoms with Crippen LogP contribution in [0.5, 0.6) is 11.5 Å². The molecule has 0 spiro atoms. The lowest BCUT2D eigenvalue weighted by Gasteiger charge is -2.05. The van der Waals surface area contributed by atoms with Crippen LogP contribution < -0.4 is 14.8 Å². The molecule has 2 rings (SSSR count). The van der Waals surface area contributed by atoms with Gasteiger partial charge in [0.05, 0.1) is 13.0 Å². The van der Waals surface area contributed by atoms with E-state index in [1.54, 1.807) is 0 Å². The summed E-state index contributed by atoms with van der Waals surface area (Å²) in [6, 6.07) is 4.04. The molecule has 0 fully saturated rings. The van der Waals surface area contributed by atoms with Crippen molar-refractivity contribution < 1.29 is 27.8 Å². The first kappa shape index (κ1) is 12.6. The second-order valence-electron chi connectivity index (χ2n) is 3.62. The molecule has 98 valence electrons. The lowest BCUT2D eigenvalue weighted by Crippen LogP contribution is -2.25. The van der Waals surface area contributed by atoms with Gasteiger partial charge in [-0.1, -0.05) is 0 Å². The van der Waals surface area contributed by atoms with Crippen LogP contribution in [0.25, 0.3) is 0 Å². The van der Waals surface area contributed by atoms with E-state index in [0.717, 1.165) is 0 Å². The van der Waals surface area contributed by atoms with Gasteiger partial charge in [-0.2, -0.15) is 0 Å². The van der Waals surface area contributed by atoms with Gasteiger partial charge in [0.2, 0.25) is 5.91 Å². The molecule has 1 amide bonds. The summed E-state index contributed by atoms with van der Waals surface area (Å²) in [6.07, 6.45) is -3.47. The monoisotopic (exact) mass is 259 g/mol. The average molecular weight is 259 g/mol. The van der Waals surface area contributed by atoms with Crippen LogP contribution in [0, 0.1) is 0 Å². The molecule has 18 heavy (non-hydrogen) atoms. The summed E-state index contributed by atoms with van der Waals surface area (Å²) in [6.45, 7) is 0.286. The fourth-order valence-electron chi connectivity index (χ4n) is 1.45. The van der Waals surface area contributed by atoms with E-state index in [1.165, 1.54) is 25.3 Å². The van der Waals surface area contributed by atoms with Crippen molar-refractivity contribution in [2.24, 2.45) is 0 Å². The van der Waals surface area contributed by atoms with Crippen molar-refractivity contribution in [3.05, 3.63) is 18.2 Å². The number of hydrogen-bond donors (Lipinski definition) is 1. The van der Waals surface area contributed by atoms with Gasteiger partial charge in [0.1, 0.15) is 0 Å². The van der Waals surface area contributed by atoms with E-state index in [9.17, 15) is 13.6 Å². The molecule has 1 aromatic rings. The zero-order valence-corrected chi connectivity index (χ0v) is 9.54. The van der Waals surface area contributed by atoms with Gasteiger partial charge < -0.3 is 19.5 Å². The van der Waals surface area contributed by atoms with E-state index in [-0.39, 0.29) is 30.4 Å². The van der Waals surface area contributed by atoms with Crippen LogP contribution in [-0.4, -0.2) is 25.9 Å². The molecule has 0 saturated carbocycles. The van der Waals surface area contributed by atoms with Gasteiger partial charge >= 0.3 is 6.29 Å². The number of fused-ring (bicyclic) bond motifs is 1. The van der Waals surface area contributed by atoms with Crippen LogP contribution in [0.1, 0.15) is 6.42 Å². The third kappa shape index (κ3) is 2.86. The lowest BCUT2D eigenvalue weighted by molar-refractivity contribution is -0.286. The molecule has 7 heteroatoms. The maximum atomic E-state index is 12.7. The van der Waals surface area contributed by atoms with Crippen molar-refractivity contribution in [1.82, 2.24) is 0 Å². The Morgan fingerprint density at radius 3 is 2.83 bits per heavy atom. The van der Waals surface area contributed by atoms with Crippen LogP contribution in [0.3, 0.4) is 0 Å². The molecule has 0 atom stereocenters. The van der Waals surface area contributed by atoms with Crippen LogP contribution in [0.4, 0.5) is 14.5 Å². The smallest absolute Gasteiger partial charge is 0.395 e. The molecular formula is C11H11F2NO4. The topological polar surface area (TPSA) is 56.8 Å². The average Bonchev–Trinajstić information content (AvgIpc) is 2.59. The van der Waals surface area contributed by atoms with E-state index < -0.39 is 6.29 Å². The zero-order chi connectivity index (χ0) is 13.2. The van der Waals surface area contributed by atoms with Gasteiger partial charge in [0.15, 0.2) is 11.5 Å². The molecule has 0 saturated heterocycles. The summed E-state index contributed by atoms with van der Waals surface area (Å²) in [7, 11) is 1.48. The fourth-order valence-corrected chi connectivity index (χ4v) is 1.45. The number of hydrogen-bond acceptors (Lipinski definition) is 4. The highest BCUT2D eigenvalue weighted by atomic mass is 19.3. The molecule has 0 aliphatic carbocycles. The number of halogens is 2. The summed E-state index contributed by atoms with van der Waals surface area (Å²) in [5.74, 6) is -0.443. The summed E-state index contributed by atoms with van der Waals surface area (Å²) in [5, 5.41) is 2.53. The van der Waals surface area contributed by atoms with Crippen LogP contribution in [0.15, 0.2) is 18.2 Å². The van der Waals surface area contributed by atoms with Crippen molar-refractivity contribution in [2.75, 3.05) is 19.0 Å². The first-order valence-corrected chi connectivity index (χ1v) is 5.19. The highest BCUT2D eigenvalue weighted by molar-refractivity contribution is 5.91. The summed E-state index contributed by atoms with van der Waals surface area (Å²) < 4.78 is 38.7. The molecule has 1 heterocycles. The SMILES string of the molecule is COCCC(=O)Nc1ccc2c(c1)OC(F)(F)O2. The molecule has 0 bridgehead atoms. The third-order valence-electron chi connectivity index (χ3n) is 2.22. The van der Waals surface area contributed by atoms with Crippen LogP contribution in [0.2, 0.25) is 0 Å². The summed E-state index contributed by atoms with van der Waals surface area (Å²) in [5.41, 5.74) is 0.358. The quantitative estimate of drug-likeness (QED) is 0.898. The van der Waals surface area contributed by atoms with Crippen molar-refractivity contribution in [2.45, 2.75) is 12.7 Å². The van der Waals surface area contributed by atoms with Crippen molar-refractivity contribution in [1.29, 1.82) is 0 Å². The highest BCUT2D eigenvalue weighted by Crippen LogP contribution is 2.42. The second kappa shape index (κ2) is 4.77. The first-order valence-electron chi connectivity index (χ1n) is 5.19. The summed E-state index contributed by atoms with van der Waals surface area (Å²) >= 11 is 0. The Morgan fingerprint density at radius 2 is 2.11 bits per heavy atom.